The molecule has 2 amide bonds. The van der Waals surface area contributed by atoms with Crippen LogP contribution in [-0.4, -0.2) is 62.1 Å². The van der Waals surface area contributed by atoms with E-state index in [1.807, 2.05) is 36.3 Å². The Morgan fingerprint density at radius 2 is 1.86 bits per heavy atom. The molecule has 0 aliphatic carbocycles. The SMILES string of the molecule is CC(C)c1cc(-c2ccc(F)cc2)nn2cc3[n+](c12)C1(C)CN(C(=O)C(O)C(C)C)CCN1C3=O. The molecule has 0 radical (unpaired) electrons. The van der Waals surface area contributed by atoms with Crippen LogP contribution < -0.4 is 4.57 Å². The van der Waals surface area contributed by atoms with Gasteiger partial charge in [-0.25, -0.2) is 4.39 Å². The highest BCUT2D eigenvalue weighted by molar-refractivity contribution is 5.93. The molecule has 9 heteroatoms. The average molecular weight is 481 g/mol. The number of hydrogen-bond acceptors (Lipinski definition) is 4. The lowest BCUT2D eigenvalue weighted by molar-refractivity contribution is -0.749. The van der Waals surface area contributed by atoms with Gasteiger partial charge in [0.05, 0.1) is 6.54 Å². The van der Waals surface area contributed by atoms with Crippen molar-refractivity contribution in [2.24, 2.45) is 5.92 Å². The second-order valence-electron chi connectivity index (χ2n) is 10.4. The van der Waals surface area contributed by atoms with Crippen molar-refractivity contribution in [2.75, 3.05) is 19.6 Å². The monoisotopic (exact) mass is 480 g/mol. The molecular formula is C26H31FN5O3+. The average Bonchev–Trinajstić information content (AvgIpc) is 3.31. The number of amides is 2. The highest BCUT2D eigenvalue weighted by Crippen LogP contribution is 2.34. The zero-order valence-electron chi connectivity index (χ0n) is 20.7. The van der Waals surface area contributed by atoms with E-state index in [0.29, 0.717) is 24.5 Å². The summed E-state index contributed by atoms with van der Waals surface area (Å²) in [5, 5.41) is 15.2. The van der Waals surface area contributed by atoms with E-state index >= 15 is 0 Å². The Morgan fingerprint density at radius 3 is 2.49 bits per heavy atom. The van der Waals surface area contributed by atoms with E-state index in [2.05, 4.69) is 13.8 Å². The number of piperazine rings is 1. The van der Waals surface area contributed by atoms with Crippen LogP contribution in [-0.2, 0) is 10.5 Å². The number of halogens is 1. The van der Waals surface area contributed by atoms with Gasteiger partial charge in [-0.1, -0.05) is 37.3 Å². The van der Waals surface area contributed by atoms with Crippen molar-refractivity contribution in [1.29, 1.82) is 0 Å². The lowest BCUT2D eigenvalue weighted by atomic mass is 10.0. The third-order valence-corrected chi connectivity index (χ3v) is 7.25. The molecule has 1 aromatic carbocycles. The van der Waals surface area contributed by atoms with Crippen molar-refractivity contribution in [1.82, 2.24) is 19.4 Å². The predicted molar refractivity (Wildman–Crippen MR) is 127 cm³/mol. The van der Waals surface area contributed by atoms with E-state index in [4.69, 9.17) is 5.10 Å². The number of carbonyl (C=O) groups is 2. The molecule has 1 saturated heterocycles. The Bertz CT molecular complexity index is 1330. The lowest BCUT2D eigenvalue weighted by Crippen LogP contribution is -2.70. The van der Waals surface area contributed by atoms with Gasteiger partial charge in [0.2, 0.25) is 11.4 Å². The molecule has 1 N–H and O–H groups in total. The first-order valence-corrected chi connectivity index (χ1v) is 12.1. The van der Waals surface area contributed by atoms with Gasteiger partial charge in [0.25, 0.3) is 5.91 Å². The Kier molecular flexibility index (Phi) is 5.43. The van der Waals surface area contributed by atoms with Crippen LogP contribution >= 0.6 is 0 Å². The van der Waals surface area contributed by atoms with Gasteiger partial charge in [-0.15, -0.1) is 0 Å². The molecule has 0 bridgehead atoms. The molecule has 184 valence electrons. The van der Waals surface area contributed by atoms with Crippen LogP contribution in [0.25, 0.3) is 16.9 Å². The molecule has 2 aromatic heterocycles. The number of fused-ring (bicyclic) bond motifs is 5. The van der Waals surface area contributed by atoms with Gasteiger partial charge in [0.15, 0.2) is 6.20 Å². The smallest absolute Gasteiger partial charge is 0.313 e. The summed E-state index contributed by atoms with van der Waals surface area (Å²) in [6, 6.07) is 8.18. The minimum atomic E-state index is -1.08. The minimum Gasteiger partial charge on any atom is -0.383 e. The first kappa shape index (κ1) is 23.4. The normalized spacial score (nSPS) is 20.7. The number of benzene rings is 1. The molecule has 1 fully saturated rings. The summed E-state index contributed by atoms with van der Waals surface area (Å²) in [5.41, 5.74) is 2.95. The van der Waals surface area contributed by atoms with E-state index in [-0.39, 0.29) is 36.0 Å². The molecule has 5 rings (SSSR count). The van der Waals surface area contributed by atoms with Crippen molar-refractivity contribution >= 4 is 17.5 Å². The van der Waals surface area contributed by atoms with Gasteiger partial charge in [0, 0.05) is 31.1 Å². The third-order valence-electron chi connectivity index (χ3n) is 7.25. The summed E-state index contributed by atoms with van der Waals surface area (Å²) in [4.78, 5) is 29.9. The van der Waals surface area contributed by atoms with Crippen LogP contribution in [0.2, 0.25) is 0 Å². The summed E-state index contributed by atoms with van der Waals surface area (Å²) < 4.78 is 17.2. The first-order valence-electron chi connectivity index (χ1n) is 12.1. The van der Waals surface area contributed by atoms with E-state index < -0.39 is 11.8 Å². The van der Waals surface area contributed by atoms with E-state index in [9.17, 15) is 19.1 Å². The molecule has 4 heterocycles. The Morgan fingerprint density at radius 1 is 1.17 bits per heavy atom. The molecule has 2 aliphatic heterocycles. The zero-order valence-corrected chi connectivity index (χ0v) is 20.7. The number of aromatic nitrogens is 3. The molecule has 35 heavy (non-hydrogen) atoms. The van der Waals surface area contributed by atoms with E-state index in [1.165, 1.54) is 12.1 Å². The van der Waals surface area contributed by atoms with Gasteiger partial charge in [0.1, 0.15) is 17.6 Å². The van der Waals surface area contributed by atoms with Crippen molar-refractivity contribution in [3.8, 4) is 11.3 Å². The fraction of sp³-hybridized carbons (Fsp3) is 0.462. The molecule has 2 aliphatic rings. The van der Waals surface area contributed by atoms with Crippen molar-refractivity contribution in [3.05, 3.63) is 53.6 Å². The van der Waals surface area contributed by atoms with Gasteiger partial charge in [-0.2, -0.15) is 4.57 Å². The molecule has 0 saturated carbocycles. The van der Waals surface area contributed by atoms with Crippen molar-refractivity contribution < 1.29 is 23.7 Å². The highest BCUT2D eigenvalue weighted by atomic mass is 19.1. The number of aliphatic hydroxyl groups is 1. The Balaban J connectivity index is 1.65. The fourth-order valence-corrected chi connectivity index (χ4v) is 5.27. The van der Waals surface area contributed by atoms with Gasteiger partial charge in [-0.05, 0) is 42.2 Å². The fourth-order valence-electron chi connectivity index (χ4n) is 5.27. The summed E-state index contributed by atoms with van der Waals surface area (Å²) in [7, 11) is 0. The molecule has 0 spiro atoms. The van der Waals surface area contributed by atoms with Crippen molar-refractivity contribution in [2.45, 2.75) is 52.3 Å². The second-order valence-corrected chi connectivity index (χ2v) is 10.4. The van der Waals surface area contributed by atoms with Gasteiger partial charge in [-0.3, -0.25) is 14.5 Å². The number of aliphatic hydroxyl groups excluding tert-OH is 1. The topological polar surface area (TPSA) is 82.0 Å². The number of rotatable bonds is 4. The van der Waals surface area contributed by atoms with Crippen molar-refractivity contribution in [3.63, 3.8) is 0 Å². The molecule has 3 aromatic rings. The maximum atomic E-state index is 13.5. The molecule has 2 unspecified atom stereocenters. The summed E-state index contributed by atoms with van der Waals surface area (Å²) in [5.74, 6) is -0.812. The second kappa shape index (κ2) is 8.12. The third kappa shape index (κ3) is 3.52. The number of hydrogen-bond donors (Lipinski definition) is 1. The summed E-state index contributed by atoms with van der Waals surface area (Å²) >= 11 is 0. The predicted octanol–water partition coefficient (Wildman–Crippen LogP) is 2.54. The zero-order chi connectivity index (χ0) is 25.2. The van der Waals surface area contributed by atoms with Gasteiger partial charge >= 0.3 is 11.6 Å². The van der Waals surface area contributed by atoms with E-state index in [1.54, 1.807) is 27.7 Å². The molecule has 8 nitrogen and oxygen atoms in total. The van der Waals surface area contributed by atoms with Crippen LogP contribution in [0.1, 0.15) is 56.6 Å². The van der Waals surface area contributed by atoms with Crippen LogP contribution in [0.4, 0.5) is 4.39 Å². The van der Waals surface area contributed by atoms with Gasteiger partial charge < -0.3 is 10.0 Å². The minimum absolute atomic E-state index is 0.104. The Labute approximate surface area is 203 Å². The quantitative estimate of drug-likeness (QED) is 0.582. The van der Waals surface area contributed by atoms with Crippen LogP contribution in [0.15, 0.2) is 36.5 Å². The largest absolute Gasteiger partial charge is 0.383 e. The summed E-state index contributed by atoms with van der Waals surface area (Å²) in [6.45, 7) is 10.8. The highest BCUT2D eigenvalue weighted by Gasteiger charge is 2.57. The Hall–Kier alpha value is -3.33. The van der Waals surface area contributed by atoms with E-state index in [0.717, 1.165) is 16.8 Å². The summed E-state index contributed by atoms with van der Waals surface area (Å²) in [6.07, 6.45) is 0.665. The standard InChI is InChI=1S/C26H31FN5O3/c1-15(2)19-12-20(17-6-8-18(27)9-7-17)28-31-13-21-24(34)30-11-10-29(25(35)22(33)16(3)4)14-26(30,5)32(21)23(19)31/h6-9,12-13,15-16,22,33H,10-11,14H2,1-5H3/q+1. The molecule has 2 atom stereocenters. The molecular weight excluding hydrogens is 449 g/mol. The number of nitrogens with zero attached hydrogens (tertiary/aromatic N) is 5. The van der Waals surface area contributed by atoms with Crippen LogP contribution in [0.3, 0.4) is 0 Å². The first-order chi connectivity index (χ1) is 16.5. The van der Waals surface area contributed by atoms with Crippen LogP contribution in [0, 0.1) is 11.7 Å². The lowest BCUT2D eigenvalue weighted by Gasteiger charge is -2.43. The maximum absolute atomic E-state index is 13.5. The number of imidazole rings is 1. The number of carbonyl (C=O) groups excluding carboxylic acids is 2. The maximum Gasteiger partial charge on any atom is 0.313 e. The van der Waals surface area contributed by atoms with Crippen LogP contribution in [0.5, 0.6) is 0 Å².